The van der Waals surface area contributed by atoms with E-state index in [1.807, 2.05) is 12.1 Å². The van der Waals surface area contributed by atoms with E-state index in [4.69, 9.17) is 9.72 Å². The maximum atomic E-state index is 13.6. The first-order valence-electron chi connectivity index (χ1n) is 14.1. The van der Waals surface area contributed by atoms with Gasteiger partial charge in [0.25, 0.3) is 5.91 Å². The Hall–Kier alpha value is -1.81. The average Bonchev–Trinajstić information content (AvgIpc) is 2.88. The van der Waals surface area contributed by atoms with Gasteiger partial charge in [-0.05, 0) is 92.9 Å². The second-order valence-electron chi connectivity index (χ2n) is 12.0. The van der Waals surface area contributed by atoms with Crippen molar-refractivity contribution in [3.63, 3.8) is 0 Å². The van der Waals surface area contributed by atoms with Gasteiger partial charge in [-0.25, -0.2) is 13.4 Å². The summed E-state index contributed by atoms with van der Waals surface area (Å²) in [7, 11) is -1.70. The number of pyridine rings is 1. The SMILES string of the molecule is CCCSc1nc(N2CCC[C@@H](CC(=O)OC)C2)ccc1C(=O)NC1C2CC3CC1CC(S(C)(=O)=O)(C3)C2. The molecule has 10 heteroatoms. The molecule has 2 heterocycles. The average molecular weight is 564 g/mol. The Kier molecular flexibility index (Phi) is 8.02. The first kappa shape index (κ1) is 27.7. The number of anilines is 1. The third-order valence-corrected chi connectivity index (χ3v) is 12.6. The Morgan fingerprint density at radius 3 is 2.61 bits per heavy atom. The minimum atomic E-state index is -3.13. The van der Waals surface area contributed by atoms with Crippen LogP contribution in [0.2, 0.25) is 0 Å². The molecule has 8 nitrogen and oxygen atoms in total. The summed E-state index contributed by atoms with van der Waals surface area (Å²) < 4.78 is 29.7. The van der Waals surface area contributed by atoms with Crippen molar-refractivity contribution in [3.05, 3.63) is 17.7 Å². The normalized spacial score (nSPS) is 32.3. The lowest BCUT2D eigenvalue weighted by Crippen LogP contribution is -2.63. The molecule has 1 aromatic rings. The number of nitrogens with zero attached hydrogens (tertiary/aromatic N) is 2. The summed E-state index contributed by atoms with van der Waals surface area (Å²) in [5, 5.41) is 4.09. The molecule has 0 spiro atoms. The highest BCUT2D eigenvalue weighted by Gasteiger charge is 2.59. The predicted octanol–water partition coefficient (Wildman–Crippen LogP) is 4.08. The number of piperidine rings is 1. The van der Waals surface area contributed by atoms with Crippen LogP contribution >= 0.6 is 11.8 Å². The van der Waals surface area contributed by atoms with Crippen LogP contribution in [0.25, 0.3) is 0 Å². The summed E-state index contributed by atoms with van der Waals surface area (Å²) in [6, 6.07) is 3.85. The number of carbonyl (C=O) groups excluding carboxylic acids is 2. The summed E-state index contributed by atoms with van der Waals surface area (Å²) in [5.41, 5.74) is 0.599. The third kappa shape index (κ3) is 5.44. The Balaban J connectivity index is 1.32. The monoisotopic (exact) mass is 563 g/mol. The molecule has 1 N–H and O–H groups in total. The number of esters is 1. The fourth-order valence-electron chi connectivity index (χ4n) is 7.72. The molecule has 2 unspecified atom stereocenters. The summed E-state index contributed by atoms with van der Waals surface area (Å²) in [6.07, 6.45) is 8.92. The van der Waals surface area contributed by atoms with E-state index >= 15 is 0 Å². The van der Waals surface area contributed by atoms with Gasteiger partial charge in [0.1, 0.15) is 10.8 Å². The van der Waals surface area contributed by atoms with E-state index in [1.165, 1.54) is 13.4 Å². The zero-order valence-electron chi connectivity index (χ0n) is 22.8. The van der Waals surface area contributed by atoms with Crippen molar-refractivity contribution < 1.29 is 22.7 Å². The van der Waals surface area contributed by atoms with Gasteiger partial charge in [0.05, 0.1) is 17.4 Å². The molecule has 1 amide bonds. The molecule has 4 aliphatic carbocycles. The highest BCUT2D eigenvalue weighted by Crippen LogP contribution is 2.58. The number of amides is 1. The van der Waals surface area contributed by atoms with Crippen LogP contribution in [-0.2, 0) is 19.4 Å². The van der Waals surface area contributed by atoms with Gasteiger partial charge >= 0.3 is 5.97 Å². The lowest BCUT2D eigenvalue weighted by molar-refractivity contribution is -0.141. The number of carbonyl (C=O) groups is 2. The highest BCUT2D eigenvalue weighted by atomic mass is 32.2. The van der Waals surface area contributed by atoms with E-state index in [0.717, 1.165) is 68.2 Å². The minimum absolute atomic E-state index is 0.0267. The first-order valence-corrected chi connectivity index (χ1v) is 17.0. The summed E-state index contributed by atoms with van der Waals surface area (Å²) in [5.74, 6) is 2.57. The van der Waals surface area contributed by atoms with E-state index in [2.05, 4.69) is 17.1 Å². The molecule has 1 saturated heterocycles. The second-order valence-corrected chi connectivity index (χ2v) is 15.5. The number of hydrogen-bond acceptors (Lipinski definition) is 8. The maximum Gasteiger partial charge on any atom is 0.305 e. The van der Waals surface area contributed by atoms with Crippen molar-refractivity contribution in [1.82, 2.24) is 10.3 Å². The molecule has 210 valence electrons. The van der Waals surface area contributed by atoms with Gasteiger partial charge in [-0.2, -0.15) is 0 Å². The molecule has 6 rings (SSSR count). The van der Waals surface area contributed by atoms with E-state index < -0.39 is 14.6 Å². The van der Waals surface area contributed by atoms with Crippen molar-refractivity contribution in [3.8, 4) is 0 Å². The molecule has 4 bridgehead atoms. The Bertz CT molecular complexity index is 1160. The fourth-order valence-corrected chi connectivity index (χ4v) is 10.2. The van der Waals surface area contributed by atoms with E-state index in [-0.39, 0.29) is 35.7 Å². The largest absolute Gasteiger partial charge is 0.469 e. The van der Waals surface area contributed by atoms with Crippen molar-refractivity contribution in [1.29, 1.82) is 0 Å². The third-order valence-electron chi connectivity index (χ3n) is 9.36. The number of hydrogen-bond donors (Lipinski definition) is 1. The number of methoxy groups -OCH3 is 1. The van der Waals surface area contributed by atoms with Crippen LogP contribution in [0.1, 0.15) is 75.1 Å². The van der Waals surface area contributed by atoms with Gasteiger partial charge < -0.3 is 15.0 Å². The molecule has 5 fully saturated rings. The molecule has 0 aromatic carbocycles. The Morgan fingerprint density at radius 1 is 1.21 bits per heavy atom. The van der Waals surface area contributed by atoms with Crippen LogP contribution in [0.3, 0.4) is 0 Å². The Morgan fingerprint density at radius 2 is 1.95 bits per heavy atom. The number of sulfone groups is 1. The van der Waals surface area contributed by atoms with Gasteiger partial charge in [-0.15, -0.1) is 11.8 Å². The van der Waals surface area contributed by atoms with Crippen LogP contribution in [0, 0.1) is 23.7 Å². The maximum absolute atomic E-state index is 13.6. The van der Waals surface area contributed by atoms with Crippen LogP contribution < -0.4 is 10.2 Å². The highest BCUT2D eigenvalue weighted by molar-refractivity contribution is 7.99. The van der Waals surface area contributed by atoms with Crippen molar-refractivity contribution >= 4 is 39.3 Å². The van der Waals surface area contributed by atoms with Crippen LogP contribution in [-0.4, -0.2) is 68.3 Å². The lowest BCUT2D eigenvalue weighted by atomic mass is 9.53. The molecule has 38 heavy (non-hydrogen) atoms. The van der Waals surface area contributed by atoms with E-state index in [9.17, 15) is 18.0 Å². The standard InChI is InChI=1S/C28H41N3O5S2/c1-4-10-37-27-22(7-8-23(29-27)31-9-5-6-18(17-31)13-24(32)36-2)26(33)30-25-20-11-19-12-21(25)16-28(14-19,15-20)38(3,34)35/h7-8,18-21,25H,4-6,9-17H2,1-3H3,(H,30,33)/t18-,19?,20?,21?,25?,28?/m0/s1. The van der Waals surface area contributed by atoms with Gasteiger partial charge in [-0.1, -0.05) is 6.92 Å². The van der Waals surface area contributed by atoms with Gasteiger partial charge in [0.2, 0.25) is 0 Å². The van der Waals surface area contributed by atoms with Crippen molar-refractivity contribution in [2.75, 3.05) is 37.1 Å². The second kappa shape index (κ2) is 11.0. The number of nitrogens with one attached hydrogen (secondary N) is 1. The molecule has 1 aromatic heterocycles. The quantitative estimate of drug-likeness (QED) is 0.354. The molecule has 0 radical (unpaired) electrons. The van der Waals surface area contributed by atoms with Gasteiger partial charge in [0, 0.05) is 31.8 Å². The summed E-state index contributed by atoms with van der Waals surface area (Å²) in [6.45, 7) is 3.74. The summed E-state index contributed by atoms with van der Waals surface area (Å²) in [4.78, 5) is 32.6. The molecule has 3 atom stereocenters. The first-order chi connectivity index (χ1) is 18.1. The molecule has 5 aliphatic rings. The summed E-state index contributed by atoms with van der Waals surface area (Å²) >= 11 is 1.61. The van der Waals surface area contributed by atoms with Crippen molar-refractivity contribution in [2.24, 2.45) is 23.7 Å². The zero-order valence-corrected chi connectivity index (χ0v) is 24.4. The number of aromatic nitrogens is 1. The van der Waals surface area contributed by atoms with E-state index in [1.54, 1.807) is 11.8 Å². The number of ether oxygens (including phenoxy) is 1. The van der Waals surface area contributed by atoms with Gasteiger partial charge in [-0.3, -0.25) is 9.59 Å². The zero-order chi connectivity index (χ0) is 27.1. The van der Waals surface area contributed by atoms with Crippen LogP contribution in [0.5, 0.6) is 0 Å². The number of rotatable bonds is 9. The number of thioether (sulfide) groups is 1. The molecule has 4 saturated carbocycles. The fraction of sp³-hybridized carbons (Fsp3) is 0.750. The van der Waals surface area contributed by atoms with Crippen molar-refractivity contribution in [2.45, 2.75) is 80.5 Å². The van der Waals surface area contributed by atoms with Gasteiger partial charge in [0.15, 0.2) is 9.84 Å². The lowest BCUT2D eigenvalue weighted by Gasteiger charge is -2.59. The molecular weight excluding hydrogens is 522 g/mol. The molecule has 1 aliphatic heterocycles. The van der Waals surface area contributed by atoms with Crippen LogP contribution in [0.15, 0.2) is 17.2 Å². The van der Waals surface area contributed by atoms with E-state index in [0.29, 0.717) is 30.7 Å². The van der Waals surface area contributed by atoms with Crippen LogP contribution in [0.4, 0.5) is 5.82 Å². The minimum Gasteiger partial charge on any atom is -0.469 e. The Labute approximate surface area is 231 Å². The smallest absolute Gasteiger partial charge is 0.305 e. The topological polar surface area (TPSA) is 106 Å². The molecular formula is C28H41N3O5S2. The predicted molar refractivity (Wildman–Crippen MR) is 149 cm³/mol.